The van der Waals surface area contributed by atoms with Crippen LogP contribution in [0.5, 0.6) is 0 Å². The molecule has 1 aliphatic rings. The van der Waals surface area contributed by atoms with Crippen LogP contribution in [0.15, 0.2) is 18.7 Å². The first-order chi connectivity index (χ1) is 6.37. The molecule has 2 rings (SSSR count). The van der Waals surface area contributed by atoms with Gasteiger partial charge in [0.25, 0.3) is 0 Å². The van der Waals surface area contributed by atoms with E-state index in [2.05, 4.69) is 9.55 Å². The van der Waals surface area contributed by atoms with Gasteiger partial charge in [0.05, 0.1) is 6.33 Å². The molecule has 1 N–H and O–H groups in total. The highest BCUT2D eigenvalue weighted by atomic mass is 16.3. The summed E-state index contributed by atoms with van der Waals surface area (Å²) in [5.41, 5.74) is 0.172. The molecule has 13 heavy (non-hydrogen) atoms. The third-order valence-corrected chi connectivity index (χ3v) is 3.16. The van der Waals surface area contributed by atoms with Gasteiger partial charge in [0.2, 0.25) is 0 Å². The quantitative estimate of drug-likeness (QED) is 0.766. The molecule has 0 saturated heterocycles. The van der Waals surface area contributed by atoms with Crippen molar-refractivity contribution in [2.24, 2.45) is 0 Å². The van der Waals surface area contributed by atoms with Crippen LogP contribution in [-0.4, -0.2) is 21.3 Å². The normalized spacial score (nSPS) is 20.7. The third kappa shape index (κ3) is 1.48. The zero-order chi connectivity index (χ0) is 9.15. The average Bonchev–Trinajstić information content (AvgIpc) is 2.73. The molecule has 0 radical (unpaired) electrons. The van der Waals surface area contributed by atoms with Crippen LogP contribution >= 0.6 is 0 Å². The number of hydrogen-bond donors (Lipinski definition) is 1. The fraction of sp³-hybridized carbons (Fsp3) is 0.700. The third-order valence-electron chi connectivity index (χ3n) is 3.16. The van der Waals surface area contributed by atoms with Crippen molar-refractivity contribution in [3.63, 3.8) is 0 Å². The maximum absolute atomic E-state index is 9.06. The Balaban J connectivity index is 2.22. The summed E-state index contributed by atoms with van der Waals surface area (Å²) in [5, 5.41) is 9.06. The number of hydrogen-bond acceptors (Lipinski definition) is 2. The van der Waals surface area contributed by atoms with E-state index in [1.807, 2.05) is 18.7 Å². The van der Waals surface area contributed by atoms with Crippen LogP contribution in [0.2, 0.25) is 0 Å². The average molecular weight is 180 g/mol. The van der Waals surface area contributed by atoms with E-state index in [0.717, 1.165) is 6.42 Å². The maximum atomic E-state index is 9.06. The summed E-state index contributed by atoms with van der Waals surface area (Å²) >= 11 is 0. The van der Waals surface area contributed by atoms with Gasteiger partial charge >= 0.3 is 0 Å². The van der Waals surface area contributed by atoms with E-state index in [0.29, 0.717) is 0 Å². The number of aromatic nitrogens is 2. The molecule has 3 heteroatoms. The van der Waals surface area contributed by atoms with Gasteiger partial charge in [0.15, 0.2) is 0 Å². The summed E-state index contributed by atoms with van der Waals surface area (Å²) in [6.07, 6.45) is 11.5. The molecular formula is C10H16N2O. The minimum absolute atomic E-state index is 0.172. The van der Waals surface area contributed by atoms with E-state index in [9.17, 15) is 0 Å². The van der Waals surface area contributed by atoms with E-state index >= 15 is 0 Å². The Morgan fingerprint density at radius 1 is 1.38 bits per heavy atom. The first-order valence-electron chi connectivity index (χ1n) is 4.97. The van der Waals surface area contributed by atoms with Crippen molar-refractivity contribution in [3.8, 4) is 0 Å². The Morgan fingerprint density at radius 3 is 2.69 bits per heavy atom. The Morgan fingerprint density at radius 2 is 2.15 bits per heavy atom. The van der Waals surface area contributed by atoms with Gasteiger partial charge in [0.1, 0.15) is 0 Å². The summed E-state index contributed by atoms with van der Waals surface area (Å²) in [7, 11) is 0. The molecule has 1 aromatic heterocycles. The summed E-state index contributed by atoms with van der Waals surface area (Å²) < 4.78 is 2.18. The standard InChI is InChI=1S/C10H16N2O/c13-8-5-10(3-1-2-4-10)12-7-6-11-9-12/h6-7,9,13H,1-5,8H2. The second kappa shape index (κ2) is 3.50. The Bertz CT molecular complexity index is 250. The van der Waals surface area contributed by atoms with Crippen molar-refractivity contribution in [2.75, 3.05) is 6.61 Å². The number of nitrogens with zero attached hydrogens (tertiary/aromatic N) is 2. The lowest BCUT2D eigenvalue weighted by molar-refractivity contribution is 0.187. The molecule has 1 fully saturated rings. The Hall–Kier alpha value is -0.830. The number of rotatable bonds is 3. The SMILES string of the molecule is OCCC1(n2ccnc2)CCCC1. The van der Waals surface area contributed by atoms with Gasteiger partial charge in [-0.3, -0.25) is 0 Å². The largest absolute Gasteiger partial charge is 0.396 e. The van der Waals surface area contributed by atoms with Gasteiger partial charge in [-0.1, -0.05) is 12.8 Å². The lowest BCUT2D eigenvalue weighted by atomic mass is 9.93. The Labute approximate surface area is 78.4 Å². The van der Waals surface area contributed by atoms with Crippen LogP contribution in [0, 0.1) is 0 Å². The van der Waals surface area contributed by atoms with E-state index in [1.54, 1.807) is 0 Å². The predicted octanol–water partition coefficient (Wildman–Crippen LogP) is 1.53. The molecule has 72 valence electrons. The van der Waals surface area contributed by atoms with Gasteiger partial charge < -0.3 is 9.67 Å². The molecular weight excluding hydrogens is 164 g/mol. The first-order valence-corrected chi connectivity index (χ1v) is 4.97. The number of aliphatic hydroxyl groups is 1. The second-order valence-electron chi connectivity index (χ2n) is 3.88. The zero-order valence-electron chi connectivity index (χ0n) is 7.82. The second-order valence-corrected chi connectivity index (χ2v) is 3.88. The smallest absolute Gasteiger partial charge is 0.0951 e. The van der Waals surface area contributed by atoms with Gasteiger partial charge in [-0.15, -0.1) is 0 Å². The summed E-state index contributed by atoms with van der Waals surface area (Å²) in [6, 6.07) is 0. The molecule has 1 heterocycles. The number of aliphatic hydroxyl groups excluding tert-OH is 1. The van der Waals surface area contributed by atoms with Crippen molar-refractivity contribution < 1.29 is 5.11 Å². The van der Waals surface area contributed by atoms with E-state index < -0.39 is 0 Å². The monoisotopic (exact) mass is 180 g/mol. The topological polar surface area (TPSA) is 38.0 Å². The van der Waals surface area contributed by atoms with E-state index in [1.165, 1.54) is 25.7 Å². The minimum atomic E-state index is 0.172. The molecule has 1 saturated carbocycles. The maximum Gasteiger partial charge on any atom is 0.0951 e. The molecule has 3 nitrogen and oxygen atoms in total. The molecule has 1 aliphatic carbocycles. The van der Waals surface area contributed by atoms with Crippen molar-refractivity contribution in [3.05, 3.63) is 18.7 Å². The summed E-state index contributed by atoms with van der Waals surface area (Å²) in [4.78, 5) is 4.08. The molecule has 0 amide bonds. The van der Waals surface area contributed by atoms with E-state index in [4.69, 9.17) is 5.11 Å². The highest BCUT2D eigenvalue weighted by molar-refractivity contribution is 4.94. The van der Waals surface area contributed by atoms with Crippen molar-refractivity contribution in [2.45, 2.75) is 37.6 Å². The molecule has 0 bridgehead atoms. The van der Waals surface area contributed by atoms with Crippen LogP contribution in [0.25, 0.3) is 0 Å². The highest BCUT2D eigenvalue weighted by Gasteiger charge is 2.34. The van der Waals surface area contributed by atoms with Crippen molar-refractivity contribution in [1.29, 1.82) is 0 Å². The van der Waals surface area contributed by atoms with Gasteiger partial charge in [0, 0.05) is 24.5 Å². The van der Waals surface area contributed by atoms with E-state index in [-0.39, 0.29) is 12.1 Å². The van der Waals surface area contributed by atoms with Gasteiger partial charge in [-0.2, -0.15) is 0 Å². The van der Waals surface area contributed by atoms with Crippen molar-refractivity contribution in [1.82, 2.24) is 9.55 Å². The fourth-order valence-electron chi connectivity index (χ4n) is 2.42. The summed E-state index contributed by atoms with van der Waals surface area (Å²) in [6.45, 7) is 0.276. The lowest BCUT2D eigenvalue weighted by Crippen LogP contribution is -2.30. The van der Waals surface area contributed by atoms with Crippen LogP contribution in [-0.2, 0) is 5.54 Å². The number of imidazole rings is 1. The first kappa shape index (κ1) is 8.75. The Kier molecular flexibility index (Phi) is 2.36. The molecule has 1 aromatic rings. The van der Waals surface area contributed by atoms with Crippen molar-refractivity contribution >= 4 is 0 Å². The van der Waals surface area contributed by atoms with Crippen LogP contribution < -0.4 is 0 Å². The van der Waals surface area contributed by atoms with Gasteiger partial charge in [-0.25, -0.2) is 4.98 Å². The van der Waals surface area contributed by atoms with Crippen LogP contribution in [0.4, 0.5) is 0 Å². The fourth-order valence-corrected chi connectivity index (χ4v) is 2.42. The zero-order valence-corrected chi connectivity index (χ0v) is 7.82. The van der Waals surface area contributed by atoms with Crippen LogP contribution in [0.1, 0.15) is 32.1 Å². The van der Waals surface area contributed by atoms with Gasteiger partial charge in [-0.05, 0) is 19.3 Å². The molecule has 0 aromatic carbocycles. The molecule has 0 aliphatic heterocycles. The molecule has 0 spiro atoms. The summed E-state index contributed by atoms with van der Waals surface area (Å²) in [5.74, 6) is 0. The predicted molar refractivity (Wildman–Crippen MR) is 50.4 cm³/mol. The lowest BCUT2D eigenvalue weighted by Gasteiger charge is -2.29. The highest BCUT2D eigenvalue weighted by Crippen LogP contribution is 2.38. The minimum Gasteiger partial charge on any atom is -0.396 e. The van der Waals surface area contributed by atoms with Crippen LogP contribution in [0.3, 0.4) is 0 Å². The molecule has 0 unspecified atom stereocenters. The molecule has 0 atom stereocenters.